The number of amides is 1. The molecule has 0 atom stereocenters. The summed E-state index contributed by atoms with van der Waals surface area (Å²) in [6.45, 7) is 6.71. The summed E-state index contributed by atoms with van der Waals surface area (Å²) in [7, 11) is 0. The molecular formula is C17H18N4O. The van der Waals surface area contributed by atoms with Gasteiger partial charge in [0.15, 0.2) is 0 Å². The molecule has 1 aliphatic heterocycles. The number of aryl methyl sites for hydroxylation is 1. The van der Waals surface area contributed by atoms with Crippen molar-refractivity contribution in [3.63, 3.8) is 0 Å². The van der Waals surface area contributed by atoms with Crippen molar-refractivity contribution in [2.45, 2.75) is 27.3 Å². The number of hydrazone groups is 1. The third-order valence-corrected chi connectivity index (χ3v) is 3.80. The Labute approximate surface area is 129 Å². The number of hydrogen-bond acceptors (Lipinski definition) is 3. The third kappa shape index (κ3) is 2.35. The summed E-state index contributed by atoms with van der Waals surface area (Å²) in [5, 5.41) is 10.1. The Morgan fingerprint density at radius 2 is 1.91 bits per heavy atom. The quantitative estimate of drug-likeness (QED) is 0.817. The zero-order valence-electron chi connectivity index (χ0n) is 12.9. The van der Waals surface area contributed by atoms with Crippen molar-refractivity contribution in [3.05, 3.63) is 53.4 Å². The Kier molecular flexibility index (Phi) is 3.63. The molecule has 0 fully saturated rings. The van der Waals surface area contributed by atoms with Gasteiger partial charge in [-0.25, -0.2) is 0 Å². The smallest absolute Gasteiger partial charge is 0.270 e. The minimum Gasteiger partial charge on any atom is -0.270 e. The molecule has 112 valence electrons. The Balaban J connectivity index is 1.96. The van der Waals surface area contributed by atoms with Gasteiger partial charge in [0.05, 0.1) is 23.2 Å². The van der Waals surface area contributed by atoms with Crippen LogP contribution in [0.5, 0.6) is 0 Å². The second-order valence-electron chi connectivity index (χ2n) is 5.20. The standard InChI is InChI=1S/C17H18N4O/c1-4-20-13(3)14(11-18-20)10-16-12(2)19-21(17(16)22)15-8-6-5-7-9-15/h5-11H,4H2,1-3H3. The van der Waals surface area contributed by atoms with Crippen molar-refractivity contribution in [1.82, 2.24) is 9.78 Å². The van der Waals surface area contributed by atoms with Gasteiger partial charge in [0, 0.05) is 17.8 Å². The van der Waals surface area contributed by atoms with Gasteiger partial charge in [0.1, 0.15) is 0 Å². The van der Waals surface area contributed by atoms with Crippen LogP contribution in [0.15, 0.2) is 47.2 Å². The van der Waals surface area contributed by atoms with Crippen molar-refractivity contribution >= 4 is 23.4 Å². The minimum absolute atomic E-state index is 0.104. The lowest BCUT2D eigenvalue weighted by Gasteiger charge is -2.10. The molecule has 0 bridgehead atoms. The maximum atomic E-state index is 12.6. The van der Waals surface area contributed by atoms with Gasteiger partial charge in [-0.05, 0) is 39.0 Å². The molecule has 3 rings (SSSR count). The molecule has 0 unspecified atom stereocenters. The summed E-state index contributed by atoms with van der Waals surface area (Å²) in [5.41, 5.74) is 4.11. The first-order valence-corrected chi connectivity index (χ1v) is 7.31. The average molecular weight is 294 g/mol. The van der Waals surface area contributed by atoms with Crippen LogP contribution in [-0.4, -0.2) is 21.4 Å². The number of rotatable bonds is 3. The van der Waals surface area contributed by atoms with Gasteiger partial charge in [-0.2, -0.15) is 15.2 Å². The van der Waals surface area contributed by atoms with Crippen molar-refractivity contribution in [3.8, 4) is 0 Å². The highest BCUT2D eigenvalue weighted by Gasteiger charge is 2.28. The van der Waals surface area contributed by atoms with Crippen molar-refractivity contribution < 1.29 is 4.79 Å². The predicted molar refractivity (Wildman–Crippen MR) is 87.7 cm³/mol. The molecule has 0 N–H and O–H groups in total. The zero-order chi connectivity index (χ0) is 15.7. The van der Waals surface area contributed by atoms with Gasteiger partial charge in [-0.15, -0.1) is 0 Å². The summed E-state index contributed by atoms with van der Waals surface area (Å²) in [6, 6.07) is 9.45. The maximum absolute atomic E-state index is 12.6. The Morgan fingerprint density at radius 1 is 1.18 bits per heavy atom. The summed E-state index contributed by atoms with van der Waals surface area (Å²) >= 11 is 0. The lowest BCUT2D eigenvalue weighted by atomic mass is 10.1. The number of carbonyl (C=O) groups excluding carboxylic acids is 1. The number of para-hydroxylation sites is 1. The Morgan fingerprint density at radius 3 is 2.55 bits per heavy atom. The van der Waals surface area contributed by atoms with Crippen LogP contribution in [0.1, 0.15) is 25.1 Å². The van der Waals surface area contributed by atoms with Crippen LogP contribution < -0.4 is 5.01 Å². The first kappa shape index (κ1) is 14.3. The highest BCUT2D eigenvalue weighted by Crippen LogP contribution is 2.25. The molecule has 0 saturated heterocycles. The van der Waals surface area contributed by atoms with Gasteiger partial charge in [0.25, 0.3) is 5.91 Å². The van der Waals surface area contributed by atoms with Gasteiger partial charge in [-0.1, -0.05) is 18.2 Å². The predicted octanol–water partition coefficient (Wildman–Crippen LogP) is 3.02. The second kappa shape index (κ2) is 5.60. The van der Waals surface area contributed by atoms with Gasteiger partial charge in [-0.3, -0.25) is 9.48 Å². The van der Waals surface area contributed by atoms with Crippen LogP contribution in [0.2, 0.25) is 0 Å². The van der Waals surface area contributed by atoms with Gasteiger partial charge < -0.3 is 0 Å². The van der Waals surface area contributed by atoms with Crippen LogP contribution >= 0.6 is 0 Å². The van der Waals surface area contributed by atoms with E-state index in [2.05, 4.69) is 10.2 Å². The molecule has 1 amide bonds. The average Bonchev–Trinajstić information content (AvgIpc) is 3.03. The molecule has 1 aliphatic rings. The molecular weight excluding hydrogens is 276 g/mol. The molecule has 0 aliphatic carbocycles. The molecule has 0 spiro atoms. The molecule has 0 saturated carbocycles. The van der Waals surface area contributed by atoms with E-state index in [0.29, 0.717) is 5.57 Å². The highest BCUT2D eigenvalue weighted by molar-refractivity contribution is 6.32. The van der Waals surface area contributed by atoms with Crippen LogP contribution in [0, 0.1) is 6.92 Å². The third-order valence-electron chi connectivity index (χ3n) is 3.80. The van der Waals surface area contributed by atoms with Crippen LogP contribution in [0.25, 0.3) is 6.08 Å². The van der Waals surface area contributed by atoms with Crippen LogP contribution in [-0.2, 0) is 11.3 Å². The molecule has 1 aromatic heterocycles. The molecule has 2 aromatic rings. The van der Waals surface area contributed by atoms with E-state index in [1.165, 1.54) is 5.01 Å². The van der Waals surface area contributed by atoms with E-state index in [1.807, 2.05) is 61.9 Å². The number of carbonyl (C=O) groups is 1. The fraction of sp³-hybridized carbons (Fsp3) is 0.235. The zero-order valence-corrected chi connectivity index (χ0v) is 12.9. The van der Waals surface area contributed by atoms with Crippen molar-refractivity contribution in [2.24, 2.45) is 5.10 Å². The molecule has 0 radical (unpaired) electrons. The largest absolute Gasteiger partial charge is 0.280 e. The molecule has 5 nitrogen and oxygen atoms in total. The number of anilines is 1. The fourth-order valence-electron chi connectivity index (χ4n) is 2.51. The first-order chi connectivity index (χ1) is 10.6. The molecule has 1 aromatic carbocycles. The SMILES string of the molecule is CCn1ncc(C=C2C(=O)N(c3ccccc3)N=C2C)c1C. The molecule has 22 heavy (non-hydrogen) atoms. The summed E-state index contributed by atoms with van der Waals surface area (Å²) in [4.78, 5) is 12.6. The van der Waals surface area contributed by atoms with E-state index in [0.717, 1.165) is 29.2 Å². The topological polar surface area (TPSA) is 50.5 Å². The van der Waals surface area contributed by atoms with E-state index < -0.39 is 0 Å². The number of hydrogen-bond donors (Lipinski definition) is 0. The summed E-state index contributed by atoms with van der Waals surface area (Å²) < 4.78 is 1.91. The molecule has 5 heteroatoms. The Hall–Kier alpha value is -2.69. The van der Waals surface area contributed by atoms with E-state index in [4.69, 9.17) is 0 Å². The number of aromatic nitrogens is 2. The first-order valence-electron chi connectivity index (χ1n) is 7.31. The van der Waals surface area contributed by atoms with Crippen LogP contribution in [0.4, 0.5) is 5.69 Å². The summed E-state index contributed by atoms with van der Waals surface area (Å²) in [5.74, 6) is -0.104. The maximum Gasteiger partial charge on any atom is 0.280 e. The lowest BCUT2D eigenvalue weighted by Crippen LogP contribution is -2.21. The number of nitrogens with zero attached hydrogens (tertiary/aromatic N) is 4. The highest BCUT2D eigenvalue weighted by atomic mass is 16.2. The van der Waals surface area contributed by atoms with E-state index in [1.54, 1.807) is 6.20 Å². The Bertz CT molecular complexity index is 771. The monoisotopic (exact) mass is 294 g/mol. The van der Waals surface area contributed by atoms with Crippen LogP contribution in [0.3, 0.4) is 0 Å². The van der Waals surface area contributed by atoms with E-state index in [-0.39, 0.29) is 5.91 Å². The van der Waals surface area contributed by atoms with Crippen molar-refractivity contribution in [1.29, 1.82) is 0 Å². The van der Waals surface area contributed by atoms with E-state index >= 15 is 0 Å². The minimum atomic E-state index is -0.104. The van der Waals surface area contributed by atoms with Crippen molar-refractivity contribution in [2.75, 3.05) is 5.01 Å². The van der Waals surface area contributed by atoms with E-state index in [9.17, 15) is 4.79 Å². The van der Waals surface area contributed by atoms with Gasteiger partial charge in [0.2, 0.25) is 0 Å². The number of benzene rings is 1. The molecule has 2 heterocycles. The fourth-order valence-corrected chi connectivity index (χ4v) is 2.51. The summed E-state index contributed by atoms with van der Waals surface area (Å²) in [6.07, 6.45) is 3.66. The second-order valence-corrected chi connectivity index (χ2v) is 5.20. The normalized spacial score (nSPS) is 16.5. The van der Waals surface area contributed by atoms with Gasteiger partial charge >= 0.3 is 0 Å². The lowest BCUT2D eigenvalue weighted by molar-refractivity contribution is -0.114.